The molecule has 4 heterocycles. The van der Waals surface area contributed by atoms with Crippen molar-refractivity contribution in [1.29, 1.82) is 0 Å². The molecular formula is C23H27ClN4O2. The van der Waals surface area contributed by atoms with E-state index in [1.54, 1.807) is 0 Å². The van der Waals surface area contributed by atoms with Gasteiger partial charge in [0.25, 0.3) is 0 Å². The molecule has 1 aromatic carbocycles. The number of fused-ring (bicyclic) bond motifs is 4. The lowest BCUT2D eigenvalue weighted by molar-refractivity contribution is 0.171. The molecule has 0 bridgehead atoms. The molecule has 1 aromatic heterocycles. The van der Waals surface area contributed by atoms with Gasteiger partial charge in [-0.15, -0.1) is 11.6 Å². The molecule has 2 aromatic rings. The zero-order valence-corrected chi connectivity index (χ0v) is 17.8. The summed E-state index contributed by atoms with van der Waals surface area (Å²) in [6.07, 6.45) is 5.42. The minimum absolute atomic E-state index is 0.256. The van der Waals surface area contributed by atoms with Crippen LogP contribution >= 0.6 is 11.6 Å². The lowest BCUT2D eigenvalue weighted by atomic mass is 9.88. The standard InChI is InChI=1S/C23H27ClN4O2/c24-17-4-5-19-18(13-17)25-23(20-2-1-7-28(19)20)27-10-8-26(9-11-27)14-16-3-6-21-22(12-16)30-15-29-21/h1-3,6-7,12,17-19H,4-5,8-11,13-15H2. The number of alkyl halides is 1. The van der Waals surface area contributed by atoms with Crippen LogP contribution in [0.5, 0.6) is 11.5 Å². The van der Waals surface area contributed by atoms with Gasteiger partial charge in [-0.25, -0.2) is 0 Å². The van der Waals surface area contributed by atoms with Crippen LogP contribution in [-0.2, 0) is 6.54 Å². The zero-order chi connectivity index (χ0) is 20.1. The molecule has 0 radical (unpaired) electrons. The maximum absolute atomic E-state index is 6.49. The summed E-state index contributed by atoms with van der Waals surface area (Å²) in [5, 5.41) is 0.256. The fourth-order valence-corrected chi connectivity index (χ4v) is 5.61. The van der Waals surface area contributed by atoms with Crippen LogP contribution in [0.15, 0.2) is 41.5 Å². The van der Waals surface area contributed by atoms with Crippen molar-refractivity contribution in [2.45, 2.75) is 43.3 Å². The van der Waals surface area contributed by atoms with Crippen LogP contribution in [0, 0.1) is 0 Å². The maximum Gasteiger partial charge on any atom is 0.231 e. The SMILES string of the molecule is ClC1CCC2C(C1)N=C(N1CCN(Cc3ccc4c(c3)OCO4)CC1)c1cccn12. The smallest absolute Gasteiger partial charge is 0.231 e. The molecule has 30 heavy (non-hydrogen) atoms. The Morgan fingerprint density at radius 1 is 1.03 bits per heavy atom. The number of nitrogens with zero attached hydrogens (tertiary/aromatic N) is 4. The molecule has 7 heteroatoms. The molecular weight excluding hydrogens is 400 g/mol. The van der Waals surface area contributed by atoms with Crippen LogP contribution in [0.3, 0.4) is 0 Å². The van der Waals surface area contributed by atoms with E-state index >= 15 is 0 Å². The van der Waals surface area contributed by atoms with Crippen molar-refractivity contribution in [3.05, 3.63) is 47.8 Å². The number of amidine groups is 1. The minimum Gasteiger partial charge on any atom is -0.454 e. The van der Waals surface area contributed by atoms with Crippen molar-refractivity contribution in [2.75, 3.05) is 33.0 Å². The molecule has 2 fully saturated rings. The Morgan fingerprint density at radius 2 is 1.90 bits per heavy atom. The van der Waals surface area contributed by atoms with Crippen LogP contribution < -0.4 is 9.47 Å². The topological polar surface area (TPSA) is 42.2 Å². The summed E-state index contributed by atoms with van der Waals surface area (Å²) in [6.45, 7) is 5.31. The van der Waals surface area contributed by atoms with Gasteiger partial charge in [0.05, 0.1) is 17.8 Å². The lowest BCUT2D eigenvalue weighted by Crippen LogP contribution is -2.51. The average Bonchev–Trinajstić information content (AvgIpc) is 3.43. The van der Waals surface area contributed by atoms with Gasteiger partial charge >= 0.3 is 0 Å². The fraction of sp³-hybridized carbons (Fsp3) is 0.522. The highest BCUT2D eigenvalue weighted by Crippen LogP contribution is 2.38. The Bertz CT molecular complexity index is 966. The summed E-state index contributed by atoms with van der Waals surface area (Å²) in [6, 6.07) is 11.4. The molecule has 4 aliphatic rings. The molecule has 6 nitrogen and oxygen atoms in total. The summed E-state index contributed by atoms with van der Waals surface area (Å²) in [5.74, 6) is 2.87. The monoisotopic (exact) mass is 426 g/mol. The second-order valence-corrected chi connectivity index (χ2v) is 9.37. The molecule has 1 aliphatic carbocycles. The quantitative estimate of drug-likeness (QED) is 0.689. The first-order valence-corrected chi connectivity index (χ1v) is 11.4. The van der Waals surface area contributed by atoms with Gasteiger partial charge in [0.15, 0.2) is 11.5 Å². The molecule has 0 spiro atoms. The van der Waals surface area contributed by atoms with Crippen molar-refractivity contribution >= 4 is 17.4 Å². The number of aromatic nitrogens is 1. The molecule has 1 saturated heterocycles. The third kappa shape index (κ3) is 3.26. The molecule has 158 valence electrons. The summed E-state index contributed by atoms with van der Waals surface area (Å²) < 4.78 is 13.4. The number of benzene rings is 1. The Labute approximate surface area is 182 Å². The van der Waals surface area contributed by atoms with Crippen LogP contribution in [-0.4, -0.2) is 64.6 Å². The van der Waals surface area contributed by atoms with Gasteiger partial charge in [0.2, 0.25) is 6.79 Å². The second-order valence-electron chi connectivity index (χ2n) is 8.75. The predicted molar refractivity (Wildman–Crippen MR) is 117 cm³/mol. The number of hydrogen-bond acceptors (Lipinski definition) is 5. The van der Waals surface area contributed by atoms with Crippen molar-refractivity contribution < 1.29 is 9.47 Å². The second kappa shape index (κ2) is 7.50. The third-order valence-electron chi connectivity index (χ3n) is 6.89. The van der Waals surface area contributed by atoms with E-state index in [1.807, 2.05) is 6.07 Å². The van der Waals surface area contributed by atoms with Crippen molar-refractivity contribution in [3.8, 4) is 11.5 Å². The van der Waals surface area contributed by atoms with E-state index in [0.717, 1.165) is 69.3 Å². The van der Waals surface area contributed by atoms with E-state index < -0.39 is 0 Å². The van der Waals surface area contributed by atoms with E-state index in [1.165, 1.54) is 11.3 Å². The Morgan fingerprint density at radius 3 is 2.80 bits per heavy atom. The van der Waals surface area contributed by atoms with Gasteiger partial charge in [-0.1, -0.05) is 6.07 Å². The van der Waals surface area contributed by atoms with Crippen LogP contribution in [0.4, 0.5) is 0 Å². The third-order valence-corrected chi connectivity index (χ3v) is 7.28. The van der Waals surface area contributed by atoms with Gasteiger partial charge in [-0.2, -0.15) is 0 Å². The zero-order valence-electron chi connectivity index (χ0n) is 17.0. The van der Waals surface area contributed by atoms with Gasteiger partial charge in [-0.3, -0.25) is 9.89 Å². The maximum atomic E-state index is 6.49. The van der Waals surface area contributed by atoms with Crippen molar-refractivity contribution in [1.82, 2.24) is 14.4 Å². The minimum atomic E-state index is 0.256. The van der Waals surface area contributed by atoms with E-state index in [0.29, 0.717) is 18.9 Å². The molecule has 0 N–H and O–H groups in total. The van der Waals surface area contributed by atoms with Crippen LogP contribution in [0.25, 0.3) is 0 Å². The molecule has 3 atom stereocenters. The summed E-state index contributed by atoms with van der Waals surface area (Å²) in [5.41, 5.74) is 2.54. The molecule has 3 unspecified atom stereocenters. The van der Waals surface area contributed by atoms with Crippen LogP contribution in [0.1, 0.15) is 36.6 Å². The van der Waals surface area contributed by atoms with Crippen molar-refractivity contribution in [3.63, 3.8) is 0 Å². The lowest BCUT2D eigenvalue weighted by Gasteiger charge is -2.42. The predicted octanol–water partition coefficient (Wildman–Crippen LogP) is 3.50. The number of ether oxygens (including phenoxy) is 2. The van der Waals surface area contributed by atoms with Crippen molar-refractivity contribution in [2.24, 2.45) is 4.99 Å². The Kier molecular flexibility index (Phi) is 4.65. The largest absolute Gasteiger partial charge is 0.454 e. The number of halogens is 1. The van der Waals surface area contributed by atoms with E-state index in [2.05, 4.69) is 44.8 Å². The van der Waals surface area contributed by atoms with Gasteiger partial charge < -0.3 is 18.9 Å². The normalized spacial score (nSPS) is 28.1. The van der Waals surface area contributed by atoms with Gasteiger partial charge in [0.1, 0.15) is 5.84 Å². The van der Waals surface area contributed by atoms with E-state index in [-0.39, 0.29) is 5.38 Å². The summed E-state index contributed by atoms with van der Waals surface area (Å²) in [4.78, 5) is 10.2. The number of hydrogen-bond donors (Lipinski definition) is 0. The molecule has 1 saturated carbocycles. The number of piperazine rings is 1. The Hall–Kier alpha value is -2.18. The van der Waals surface area contributed by atoms with Gasteiger partial charge in [-0.05, 0) is 49.1 Å². The highest BCUT2D eigenvalue weighted by Gasteiger charge is 2.37. The first kappa shape index (κ1) is 18.6. The highest BCUT2D eigenvalue weighted by atomic mass is 35.5. The summed E-state index contributed by atoms with van der Waals surface area (Å²) in [7, 11) is 0. The average molecular weight is 427 g/mol. The van der Waals surface area contributed by atoms with E-state index in [4.69, 9.17) is 26.1 Å². The first-order valence-electron chi connectivity index (χ1n) is 11.0. The first-order chi connectivity index (χ1) is 14.7. The highest BCUT2D eigenvalue weighted by molar-refractivity contribution is 6.20. The molecule has 0 amide bonds. The molecule has 3 aliphatic heterocycles. The van der Waals surface area contributed by atoms with Crippen LogP contribution in [0.2, 0.25) is 0 Å². The summed E-state index contributed by atoms with van der Waals surface area (Å²) >= 11 is 6.49. The number of rotatable bonds is 2. The fourth-order valence-electron chi connectivity index (χ4n) is 5.30. The Balaban J connectivity index is 1.15. The molecule has 6 rings (SSSR count). The van der Waals surface area contributed by atoms with Gasteiger partial charge in [0, 0.05) is 44.3 Å². The number of aliphatic imine (C=N–C) groups is 1. The van der Waals surface area contributed by atoms with E-state index in [9.17, 15) is 0 Å².